The van der Waals surface area contributed by atoms with Crippen LogP contribution in [0.15, 0.2) is 121 Å². The molecule has 8 nitrogen and oxygen atoms in total. The number of alkyl carbamates (subject to hydrolysis) is 1. The number of carbonyl (C=O) groups excluding carboxylic acids is 3. The van der Waals surface area contributed by atoms with E-state index in [-0.39, 0.29) is 29.9 Å². The van der Waals surface area contributed by atoms with E-state index >= 15 is 0 Å². The van der Waals surface area contributed by atoms with E-state index in [9.17, 15) is 14.4 Å². The molecule has 1 N–H and O–H groups in total. The van der Waals surface area contributed by atoms with E-state index < -0.39 is 46.6 Å². The number of benzene rings is 4. The maximum Gasteiger partial charge on any atom is 0.407 e. The molecule has 0 heterocycles. The third-order valence-electron chi connectivity index (χ3n) is 10.7. The number of ether oxygens (including phenoxy) is 3. The maximum atomic E-state index is 13.8. The van der Waals surface area contributed by atoms with Gasteiger partial charge in [0.15, 0.2) is 0 Å². The molecule has 10 heteroatoms. The summed E-state index contributed by atoms with van der Waals surface area (Å²) in [4.78, 5) is 40.2. The van der Waals surface area contributed by atoms with Crippen LogP contribution in [0.5, 0.6) is 0 Å². The van der Waals surface area contributed by atoms with Crippen molar-refractivity contribution in [1.82, 2.24) is 5.32 Å². The number of amides is 1. The molecule has 0 spiro atoms. The molecule has 0 unspecified atom stereocenters. The van der Waals surface area contributed by atoms with Gasteiger partial charge in [0.25, 0.3) is 8.32 Å². The highest BCUT2D eigenvalue weighted by Gasteiger charge is 2.50. The van der Waals surface area contributed by atoms with Crippen molar-refractivity contribution in [3.8, 4) is 11.1 Å². The first-order valence-electron chi connectivity index (χ1n) is 20.5. The van der Waals surface area contributed by atoms with Gasteiger partial charge in [-0.1, -0.05) is 170 Å². The molecule has 5 rings (SSSR count). The van der Waals surface area contributed by atoms with Crippen molar-refractivity contribution < 1.29 is 33.0 Å². The average Bonchev–Trinajstić information content (AvgIpc) is 3.50. The van der Waals surface area contributed by atoms with Gasteiger partial charge in [-0.25, -0.2) is 9.59 Å². The van der Waals surface area contributed by atoms with Crippen molar-refractivity contribution in [2.75, 3.05) is 19.8 Å². The molecule has 4 aromatic carbocycles. The monoisotopic (exact) mass is 819 g/mol. The molecule has 2 atom stereocenters. The molecule has 0 fully saturated rings. The Hall–Kier alpha value is -4.78. The Bertz CT molecular complexity index is 1920. The van der Waals surface area contributed by atoms with Crippen LogP contribution in [0.1, 0.15) is 64.5 Å². The summed E-state index contributed by atoms with van der Waals surface area (Å²) in [6, 6.07) is 37.0. The Morgan fingerprint density at radius 2 is 1.28 bits per heavy atom. The van der Waals surface area contributed by atoms with Crippen LogP contribution in [0.25, 0.3) is 11.1 Å². The molecule has 0 saturated heterocycles. The van der Waals surface area contributed by atoms with Crippen molar-refractivity contribution in [1.29, 1.82) is 0 Å². The highest BCUT2D eigenvalue weighted by molar-refractivity contribution is 6.99. The zero-order chi connectivity index (χ0) is 41.9. The van der Waals surface area contributed by atoms with Crippen LogP contribution in [0, 0.1) is 5.92 Å². The van der Waals surface area contributed by atoms with Crippen molar-refractivity contribution in [2.45, 2.75) is 96.2 Å². The highest BCUT2D eigenvalue weighted by atomic mass is 28.4. The van der Waals surface area contributed by atoms with Crippen molar-refractivity contribution >= 4 is 44.8 Å². The largest absolute Gasteiger partial charge is 0.466 e. The molecular formula is C48H61NO7Si2. The van der Waals surface area contributed by atoms with E-state index in [2.05, 4.69) is 119 Å². The maximum absolute atomic E-state index is 13.8. The number of carbonyl (C=O) groups is 3. The quantitative estimate of drug-likeness (QED) is 0.0351. The van der Waals surface area contributed by atoms with Gasteiger partial charge in [0, 0.05) is 20.6 Å². The predicted molar refractivity (Wildman–Crippen MR) is 238 cm³/mol. The summed E-state index contributed by atoms with van der Waals surface area (Å²) in [7, 11) is -4.18. The van der Waals surface area contributed by atoms with Gasteiger partial charge >= 0.3 is 18.0 Å². The summed E-state index contributed by atoms with van der Waals surface area (Å²) < 4.78 is 24.4. The fourth-order valence-corrected chi connectivity index (χ4v) is 12.9. The first-order chi connectivity index (χ1) is 27.6. The summed E-state index contributed by atoms with van der Waals surface area (Å²) in [6.45, 7) is 17.9. The minimum atomic E-state index is -2.75. The van der Waals surface area contributed by atoms with Crippen molar-refractivity contribution in [2.24, 2.45) is 5.92 Å². The number of fused-ring (bicyclic) bond motifs is 3. The fraction of sp³-hybridized carbons (Fsp3) is 0.396. The van der Waals surface area contributed by atoms with Gasteiger partial charge in [-0.05, 0) is 62.1 Å². The Morgan fingerprint density at radius 1 is 0.741 bits per heavy atom. The first-order valence-corrected chi connectivity index (χ1v) is 26.1. The van der Waals surface area contributed by atoms with Crippen LogP contribution in [-0.4, -0.2) is 66.4 Å². The van der Waals surface area contributed by atoms with Gasteiger partial charge in [-0.2, -0.15) is 0 Å². The predicted octanol–water partition coefficient (Wildman–Crippen LogP) is 9.26. The number of rotatable bonds is 18. The Kier molecular flexibility index (Phi) is 15.1. The number of hydrogen-bond donors (Lipinski definition) is 1. The molecule has 1 aliphatic rings. The molecule has 0 saturated carbocycles. The fourth-order valence-electron chi connectivity index (χ4n) is 7.62. The van der Waals surface area contributed by atoms with Crippen LogP contribution in [0.4, 0.5) is 4.79 Å². The molecule has 4 aromatic rings. The average molecular weight is 820 g/mol. The first kappa shape index (κ1) is 44.3. The molecule has 0 radical (unpaired) electrons. The van der Waals surface area contributed by atoms with Gasteiger partial charge in [0.05, 0.1) is 13.0 Å². The summed E-state index contributed by atoms with van der Waals surface area (Å²) in [5.41, 5.74) is 4.45. The van der Waals surface area contributed by atoms with Gasteiger partial charge < -0.3 is 24.0 Å². The normalized spacial score (nSPS) is 14.1. The second-order valence-corrected chi connectivity index (χ2v) is 27.6. The van der Waals surface area contributed by atoms with Crippen molar-refractivity contribution in [3.05, 3.63) is 132 Å². The van der Waals surface area contributed by atoms with Crippen LogP contribution in [0.3, 0.4) is 0 Å². The molecule has 0 aliphatic heterocycles. The molecule has 0 aromatic heterocycles. The van der Waals surface area contributed by atoms with Crippen LogP contribution >= 0.6 is 0 Å². The Balaban J connectivity index is 1.27. The lowest BCUT2D eigenvalue weighted by Crippen LogP contribution is -2.66. The highest BCUT2D eigenvalue weighted by Crippen LogP contribution is 2.44. The lowest BCUT2D eigenvalue weighted by molar-refractivity contribution is -0.155. The standard InChI is InChI=1S/C48H61NO7Si2/c1-35(2)45(49-47(52)54-34-43-41-28-17-15-26-39(41)40-27-16-18-29-42(40)43)46(51)56-36(33-44(50)53-31-32-57(6,7)8)21-19-20-30-55-58(48(3,4)5,37-22-11-9-12-23-37)38-24-13-10-14-25-38/h9-19,21-29,35-36,43,45H,20,30-34H2,1-8H3,(H,49,52)/b21-19+/t36-,45+/m1/s1. The van der Waals surface area contributed by atoms with Gasteiger partial charge in [0.1, 0.15) is 18.8 Å². The molecule has 1 amide bonds. The SMILES string of the molecule is CC(C)[C@H](NC(=O)OCC1c2ccccc2-c2ccccc21)C(=O)O[C@H](/C=C/CCO[Si](c1ccccc1)(c1ccccc1)C(C)(C)C)CC(=O)OCC[Si](C)(C)C. The number of hydrogen-bond acceptors (Lipinski definition) is 7. The Morgan fingerprint density at radius 3 is 1.79 bits per heavy atom. The lowest BCUT2D eigenvalue weighted by Gasteiger charge is -2.43. The van der Waals surface area contributed by atoms with E-state index in [1.54, 1.807) is 6.08 Å². The van der Waals surface area contributed by atoms with Crippen LogP contribution in [-0.2, 0) is 28.2 Å². The lowest BCUT2D eigenvalue weighted by atomic mass is 9.98. The summed E-state index contributed by atoms with van der Waals surface area (Å²) in [6.07, 6.45) is 2.38. The third kappa shape index (κ3) is 11.2. The van der Waals surface area contributed by atoms with Gasteiger partial charge in [-0.15, -0.1) is 0 Å². The van der Waals surface area contributed by atoms with E-state index in [1.165, 1.54) is 10.4 Å². The van der Waals surface area contributed by atoms with E-state index in [1.807, 2.05) is 56.3 Å². The van der Waals surface area contributed by atoms with Crippen molar-refractivity contribution in [3.63, 3.8) is 0 Å². The van der Waals surface area contributed by atoms with Crippen LogP contribution in [0.2, 0.25) is 30.7 Å². The minimum Gasteiger partial charge on any atom is -0.466 e. The van der Waals surface area contributed by atoms with E-state index in [0.29, 0.717) is 19.6 Å². The Labute approximate surface area is 347 Å². The summed E-state index contributed by atoms with van der Waals surface area (Å²) in [5, 5.41) is 4.95. The molecule has 0 bridgehead atoms. The zero-order valence-corrected chi connectivity index (χ0v) is 37.5. The second-order valence-electron chi connectivity index (χ2n) is 17.6. The summed E-state index contributed by atoms with van der Waals surface area (Å²) in [5.74, 6) is -1.54. The smallest absolute Gasteiger partial charge is 0.407 e. The molecule has 1 aliphatic carbocycles. The van der Waals surface area contributed by atoms with E-state index in [4.69, 9.17) is 18.6 Å². The summed E-state index contributed by atoms with van der Waals surface area (Å²) >= 11 is 0. The number of esters is 2. The van der Waals surface area contributed by atoms with Gasteiger partial charge in [-0.3, -0.25) is 4.79 Å². The van der Waals surface area contributed by atoms with Gasteiger partial charge in [0.2, 0.25) is 0 Å². The van der Waals surface area contributed by atoms with E-state index in [0.717, 1.165) is 28.3 Å². The molecular weight excluding hydrogens is 759 g/mol. The molecule has 308 valence electrons. The molecule has 58 heavy (non-hydrogen) atoms. The minimum absolute atomic E-state index is 0.115. The van der Waals surface area contributed by atoms with Crippen LogP contribution < -0.4 is 15.7 Å². The zero-order valence-electron chi connectivity index (χ0n) is 35.5. The number of nitrogens with one attached hydrogen (secondary N) is 1. The third-order valence-corrected chi connectivity index (χ3v) is 17.4. The second kappa shape index (κ2) is 19.8. The topological polar surface area (TPSA) is 100 Å².